The number of para-hydroxylation sites is 1. The van der Waals surface area contributed by atoms with Crippen LogP contribution in [0.3, 0.4) is 0 Å². The first kappa shape index (κ1) is 11.3. The molecule has 3 heteroatoms. The molecule has 1 heterocycles. The summed E-state index contributed by atoms with van der Waals surface area (Å²) in [4.78, 5) is 0. The summed E-state index contributed by atoms with van der Waals surface area (Å²) in [6.07, 6.45) is 2.13. The van der Waals surface area contributed by atoms with Gasteiger partial charge in [-0.15, -0.1) is 0 Å². The van der Waals surface area contributed by atoms with E-state index in [1.807, 2.05) is 12.1 Å². The van der Waals surface area contributed by atoms with Crippen LogP contribution in [0.4, 0.5) is 0 Å². The van der Waals surface area contributed by atoms with Crippen molar-refractivity contribution >= 4 is 0 Å². The van der Waals surface area contributed by atoms with Gasteiger partial charge in [-0.05, 0) is 25.8 Å². The van der Waals surface area contributed by atoms with Crippen LogP contribution in [-0.2, 0) is 0 Å². The molecule has 0 saturated heterocycles. The third-order valence-electron chi connectivity index (χ3n) is 3.17. The minimum atomic E-state index is 0.146. The Morgan fingerprint density at radius 1 is 1.50 bits per heavy atom. The summed E-state index contributed by atoms with van der Waals surface area (Å²) < 4.78 is 11.1. The van der Waals surface area contributed by atoms with Crippen LogP contribution in [0.2, 0.25) is 0 Å². The van der Waals surface area contributed by atoms with E-state index >= 15 is 0 Å². The van der Waals surface area contributed by atoms with Crippen molar-refractivity contribution in [2.45, 2.75) is 31.7 Å². The van der Waals surface area contributed by atoms with E-state index in [9.17, 15) is 0 Å². The van der Waals surface area contributed by atoms with Gasteiger partial charge in [-0.3, -0.25) is 0 Å². The number of benzene rings is 1. The fourth-order valence-corrected chi connectivity index (χ4v) is 2.32. The molecule has 0 radical (unpaired) electrons. The van der Waals surface area contributed by atoms with Gasteiger partial charge in [0, 0.05) is 17.5 Å². The summed E-state index contributed by atoms with van der Waals surface area (Å²) in [7, 11) is 1.67. The van der Waals surface area contributed by atoms with E-state index in [1.54, 1.807) is 7.11 Å². The van der Waals surface area contributed by atoms with Crippen molar-refractivity contribution in [1.29, 1.82) is 0 Å². The highest BCUT2D eigenvalue weighted by Gasteiger charge is 2.24. The van der Waals surface area contributed by atoms with Crippen molar-refractivity contribution in [3.8, 4) is 11.5 Å². The van der Waals surface area contributed by atoms with Gasteiger partial charge in [0.25, 0.3) is 0 Å². The molecule has 0 fully saturated rings. The second-order valence-electron chi connectivity index (χ2n) is 4.33. The first-order valence-electron chi connectivity index (χ1n) is 5.79. The first-order valence-corrected chi connectivity index (χ1v) is 5.79. The predicted octanol–water partition coefficient (Wildman–Crippen LogP) is 2.30. The molecule has 1 aliphatic heterocycles. The lowest BCUT2D eigenvalue weighted by atomic mass is 9.88. The van der Waals surface area contributed by atoms with Gasteiger partial charge in [0.2, 0.25) is 0 Å². The van der Waals surface area contributed by atoms with Crippen LogP contribution >= 0.6 is 0 Å². The number of hydrogen-bond acceptors (Lipinski definition) is 3. The molecule has 3 nitrogen and oxygen atoms in total. The van der Waals surface area contributed by atoms with E-state index in [1.165, 1.54) is 5.56 Å². The van der Waals surface area contributed by atoms with Gasteiger partial charge in [0.15, 0.2) is 11.5 Å². The molecule has 0 aromatic heterocycles. The van der Waals surface area contributed by atoms with Crippen LogP contribution in [0.25, 0.3) is 0 Å². The van der Waals surface area contributed by atoms with E-state index < -0.39 is 0 Å². The standard InChI is InChI=1S/C13H19NO2/c1-9(14)10-6-4-8-16-13-11(10)5-3-7-12(13)15-2/h3,5,7,9-10H,4,6,8,14H2,1-2H3. The van der Waals surface area contributed by atoms with Crippen LogP contribution < -0.4 is 15.2 Å². The maximum absolute atomic E-state index is 6.05. The van der Waals surface area contributed by atoms with Crippen LogP contribution in [0, 0.1) is 0 Å². The number of methoxy groups -OCH3 is 1. The third-order valence-corrected chi connectivity index (χ3v) is 3.17. The average molecular weight is 221 g/mol. The second kappa shape index (κ2) is 4.74. The highest BCUT2D eigenvalue weighted by molar-refractivity contribution is 5.49. The molecular weight excluding hydrogens is 202 g/mol. The van der Waals surface area contributed by atoms with Gasteiger partial charge in [-0.1, -0.05) is 12.1 Å². The highest BCUT2D eigenvalue weighted by Crippen LogP contribution is 2.40. The van der Waals surface area contributed by atoms with Gasteiger partial charge in [0.05, 0.1) is 13.7 Å². The lowest BCUT2D eigenvalue weighted by Gasteiger charge is -2.21. The van der Waals surface area contributed by atoms with E-state index in [0.29, 0.717) is 5.92 Å². The molecule has 0 aliphatic carbocycles. The third kappa shape index (κ3) is 2.00. The fourth-order valence-electron chi connectivity index (χ4n) is 2.32. The Morgan fingerprint density at radius 3 is 3.00 bits per heavy atom. The Hall–Kier alpha value is -1.22. The quantitative estimate of drug-likeness (QED) is 0.833. The zero-order valence-corrected chi connectivity index (χ0v) is 9.90. The SMILES string of the molecule is COc1cccc2c1OCCCC2C(C)N. The summed E-state index contributed by atoms with van der Waals surface area (Å²) in [5, 5.41) is 0. The normalized spacial score (nSPS) is 21.6. The average Bonchev–Trinajstić information content (AvgIpc) is 2.50. The number of rotatable bonds is 2. The number of fused-ring (bicyclic) bond motifs is 1. The van der Waals surface area contributed by atoms with Crippen molar-refractivity contribution in [3.05, 3.63) is 23.8 Å². The minimum absolute atomic E-state index is 0.146. The number of ether oxygens (including phenoxy) is 2. The molecule has 2 atom stereocenters. The van der Waals surface area contributed by atoms with Crippen molar-refractivity contribution in [2.24, 2.45) is 5.73 Å². The van der Waals surface area contributed by atoms with Gasteiger partial charge >= 0.3 is 0 Å². The maximum Gasteiger partial charge on any atom is 0.164 e. The van der Waals surface area contributed by atoms with Crippen molar-refractivity contribution < 1.29 is 9.47 Å². The van der Waals surface area contributed by atoms with E-state index in [4.69, 9.17) is 15.2 Å². The van der Waals surface area contributed by atoms with Crippen molar-refractivity contribution in [2.75, 3.05) is 13.7 Å². The molecular formula is C13H19NO2. The maximum atomic E-state index is 6.05. The van der Waals surface area contributed by atoms with Crippen LogP contribution in [0.5, 0.6) is 11.5 Å². The lowest BCUT2D eigenvalue weighted by Crippen LogP contribution is -2.24. The molecule has 2 N–H and O–H groups in total. The summed E-state index contributed by atoms with van der Waals surface area (Å²) in [5.74, 6) is 2.06. The summed E-state index contributed by atoms with van der Waals surface area (Å²) in [6, 6.07) is 6.17. The molecule has 1 aliphatic rings. The number of hydrogen-bond donors (Lipinski definition) is 1. The Labute approximate surface area is 96.5 Å². The lowest BCUT2D eigenvalue weighted by molar-refractivity contribution is 0.294. The Bertz CT molecular complexity index is 363. The molecule has 1 aromatic rings. The molecule has 0 amide bonds. The molecule has 2 unspecified atom stereocenters. The Kier molecular flexibility index (Phi) is 3.34. The van der Waals surface area contributed by atoms with E-state index in [-0.39, 0.29) is 6.04 Å². The first-order chi connectivity index (χ1) is 7.74. The molecule has 1 aromatic carbocycles. The zero-order valence-electron chi connectivity index (χ0n) is 9.90. The van der Waals surface area contributed by atoms with E-state index in [0.717, 1.165) is 30.9 Å². The fraction of sp³-hybridized carbons (Fsp3) is 0.538. The summed E-state index contributed by atoms with van der Waals surface area (Å²) in [6.45, 7) is 2.80. The predicted molar refractivity (Wildman–Crippen MR) is 64.1 cm³/mol. The molecule has 16 heavy (non-hydrogen) atoms. The van der Waals surface area contributed by atoms with Crippen molar-refractivity contribution in [3.63, 3.8) is 0 Å². The van der Waals surface area contributed by atoms with Gasteiger partial charge < -0.3 is 15.2 Å². The smallest absolute Gasteiger partial charge is 0.164 e. The Morgan fingerprint density at radius 2 is 2.31 bits per heavy atom. The molecule has 88 valence electrons. The minimum Gasteiger partial charge on any atom is -0.493 e. The van der Waals surface area contributed by atoms with Crippen LogP contribution in [0.1, 0.15) is 31.2 Å². The molecule has 2 rings (SSSR count). The van der Waals surface area contributed by atoms with Crippen molar-refractivity contribution in [1.82, 2.24) is 0 Å². The summed E-state index contributed by atoms with van der Waals surface area (Å²) >= 11 is 0. The highest BCUT2D eigenvalue weighted by atomic mass is 16.5. The van der Waals surface area contributed by atoms with Gasteiger partial charge in [0.1, 0.15) is 0 Å². The number of nitrogens with two attached hydrogens (primary N) is 1. The van der Waals surface area contributed by atoms with Gasteiger partial charge in [-0.25, -0.2) is 0 Å². The van der Waals surface area contributed by atoms with Crippen LogP contribution in [0.15, 0.2) is 18.2 Å². The largest absolute Gasteiger partial charge is 0.493 e. The molecule has 0 saturated carbocycles. The monoisotopic (exact) mass is 221 g/mol. The topological polar surface area (TPSA) is 44.5 Å². The van der Waals surface area contributed by atoms with E-state index in [2.05, 4.69) is 13.0 Å². The van der Waals surface area contributed by atoms with Crippen LogP contribution in [-0.4, -0.2) is 19.8 Å². The zero-order chi connectivity index (χ0) is 11.5. The Balaban J connectivity index is 2.45. The molecule has 0 spiro atoms. The van der Waals surface area contributed by atoms with Gasteiger partial charge in [-0.2, -0.15) is 0 Å². The molecule has 0 bridgehead atoms. The summed E-state index contributed by atoms with van der Waals surface area (Å²) in [5.41, 5.74) is 7.23. The second-order valence-corrected chi connectivity index (χ2v) is 4.33.